The Morgan fingerprint density at radius 3 is 1.70 bits per heavy atom. The van der Waals surface area contributed by atoms with Crippen LogP contribution in [0.1, 0.15) is 48.0 Å². The number of ether oxygens (including phenoxy) is 1. The molecule has 0 aliphatic heterocycles. The van der Waals surface area contributed by atoms with Crippen LogP contribution in [0.5, 0.6) is 0 Å². The zero-order valence-corrected chi connectivity index (χ0v) is 12.7. The lowest BCUT2D eigenvalue weighted by molar-refractivity contribution is -0.156. The fourth-order valence-corrected chi connectivity index (χ4v) is 1.65. The van der Waals surface area contributed by atoms with Gasteiger partial charge >= 0.3 is 18.0 Å². The molecule has 0 saturated carbocycles. The normalized spacial score (nSPS) is 15.1. The Labute approximate surface area is 118 Å². The Morgan fingerprint density at radius 2 is 1.45 bits per heavy atom. The SMILES string of the molecule is CC(C)(C)OC(=O)N[C@](CC(=O)O)(C(=O)O)C(C)(C)C. The number of carbonyl (C=O) groups is 3. The van der Waals surface area contributed by atoms with Crippen LogP contribution >= 0.6 is 0 Å². The van der Waals surface area contributed by atoms with Gasteiger partial charge in [0.25, 0.3) is 0 Å². The van der Waals surface area contributed by atoms with E-state index >= 15 is 0 Å². The highest BCUT2D eigenvalue weighted by atomic mass is 16.6. The van der Waals surface area contributed by atoms with Crippen molar-refractivity contribution in [3.05, 3.63) is 0 Å². The fourth-order valence-electron chi connectivity index (χ4n) is 1.65. The van der Waals surface area contributed by atoms with E-state index in [9.17, 15) is 19.5 Å². The number of amides is 1. The molecule has 0 radical (unpaired) electrons. The molecule has 0 spiro atoms. The van der Waals surface area contributed by atoms with Crippen LogP contribution in [0.15, 0.2) is 0 Å². The maximum absolute atomic E-state index is 11.8. The monoisotopic (exact) mass is 289 g/mol. The second kappa shape index (κ2) is 5.68. The highest BCUT2D eigenvalue weighted by Crippen LogP contribution is 2.34. The van der Waals surface area contributed by atoms with Gasteiger partial charge in [-0.25, -0.2) is 9.59 Å². The van der Waals surface area contributed by atoms with Gasteiger partial charge in [0, 0.05) is 0 Å². The summed E-state index contributed by atoms with van der Waals surface area (Å²) < 4.78 is 5.01. The zero-order chi connectivity index (χ0) is 16.4. The van der Waals surface area contributed by atoms with E-state index in [2.05, 4.69) is 5.32 Å². The molecule has 0 unspecified atom stereocenters. The molecular weight excluding hydrogens is 266 g/mol. The Bertz CT molecular complexity index is 404. The standard InChI is InChI=1S/C13H23NO6/c1-11(2,3)13(9(17)18,7-8(15)16)14-10(19)20-12(4,5)6/h7H2,1-6H3,(H,14,19)(H,15,16)(H,17,18)/t13-/m1/s1. The maximum Gasteiger partial charge on any atom is 0.408 e. The fraction of sp³-hybridized carbons (Fsp3) is 0.769. The predicted octanol–water partition coefficient (Wildman–Crippen LogP) is 1.86. The zero-order valence-electron chi connectivity index (χ0n) is 12.7. The number of carboxylic acids is 2. The summed E-state index contributed by atoms with van der Waals surface area (Å²) in [6, 6.07) is 0. The molecule has 0 aliphatic carbocycles. The summed E-state index contributed by atoms with van der Waals surface area (Å²) in [5, 5.41) is 20.6. The summed E-state index contributed by atoms with van der Waals surface area (Å²) in [7, 11) is 0. The molecular formula is C13H23NO6. The van der Waals surface area contributed by atoms with Crippen molar-refractivity contribution in [2.24, 2.45) is 5.41 Å². The first kappa shape index (κ1) is 18.2. The molecule has 0 aromatic rings. The molecule has 0 saturated heterocycles. The topological polar surface area (TPSA) is 113 Å². The number of alkyl carbamates (subject to hydrolysis) is 1. The number of rotatable bonds is 4. The van der Waals surface area contributed by atoms with Gasteiger partial charge in [0.15, 0.2) is 5.54 Å². The summed E-state index contributed by atoms with van der Waals surface area (Å²) in [6.45, 7) is 9.51. The quantitative estimate of drug-likeness (QED) is 0.728. The van der Waals surface area contributed by atoms with E-state index in [1.807, 2.05) is 0 Å². The minimum Gasteiger partial charge on any atom is -0.481 e. The lowest BCUT2D eigenvalue weighted by Gasteiger charge is -2.40. The third-order valence-electron chi connectivity index (χ3n) is 2.78. The van der Waals surface area contributed by atoms with Gasteiger partial charge in [-0.05, 0) is 26.2 Å². The molecule has 0 bridgehead atoms. The lowest BCUT2D eigenvalue weighted by atomic mass is 9.71. The summed E-state index contributed by atoms with van der Waals surface area (Å²) in [6.07, 6.45) is -1.71. The van der Waals surface area contributed by atoms with Crippen LogP contribution in [0.3, 0.4) is 0 Å². The van der Waals surface area contributed by atoms with Crippen LogP contribution < -0.4 is 5.32 Å². The number of hydrogen-bond donors (Lipinski definition) is 3. The smallest absolute Gasteiger partial charge is 0.408 e. The average Bonchev–Trinajstić information content (AvgIpc) is 2.09. The maximum atomic E-state index is 11.8. The molecule has 20 heavy (non-hydrogen) atoms. The van der Waals surface area contributed by atoms with E-state index in [0.717, 1.165) is 0 Å². The second-order valence-corrected chi connectivity index (χ2v) is 6.66. The van der Waals surface area contributed by atoms with Gasteiger partial charge in [-0.3, -0.25) is 4.79 Å². The van der Waals surface area contributed by atoms with E-state index in [4.69, 9.17) is 9.84 Å². The number of hydrogen-bond acceptors (Lipinski definition) is 4. The third kappa shape index (κ3) is 4.71. The Hall–Kier alpha value is -1.79. The van der Waals surface area contributed by atoms with Gasteiger partial charge < -0.3 is 20.3 Å². The number of aliphatic carboxylic acids is 2. The molecule has 3 N–H and O–H groups in total. The van der Waals surface area contributed by atoms with Gasteiger partial charge in [0.05, 0.1) is 6.42 Å². The van der Waals surface area contributed by atoms with Crippen molar-refractivity contribution in [3.63, 3.8) is 0 Å². The first-order valence-electron chi connectivity index (χ1n) is 6.17. The predicted molar refractivity (Wildman–Crippen MR) is 71.4 cm³/mol. The first-order valence-corrected chi connectivity index (χ1v) is 6.17. The molecule has 0 aromatic heterocycles. The van der Waals surface area contributed by atoms with Crippen LogP contribution in [0.25, 0.3) is 0 Å². The molecule has 0 heterocycles. The van der Waals surface area contributed by atoms with Crippen molar-refractivity contribution >= 4 is 18.0 Å². The molecule has 0 aromatic carbocycles. The highest BCUT2D eigenvalue weighted by Gasteiger charge is 2.52. The average molecular weight is 289 g/mol. The van der Waals surface area contributed by atoms with E-state index in [1.54, 1.807) is 41.5 Å². The van der Waals surface area contributed by atoms with Crippen molar-refractivity contribution in [1.29, 1.82) is 0 Å². The lowest BCUT2D eigenvalue weighted by Crippen LogP contribution is -2.63. The number of carboxylic acid groups (broad SMARTS) is 2. The largest absolute Gasteiger partial charge is 0.481 e. The third-order valence-corrected chi connectivity index (χ3v) is 2.78. The second-order valence-electron chi connectivity index (χ2n) is 6.66. The van der Waals surface area contributed by atoms with Crippen molar-refractivity contribution in [2.45, 2.75) is 59.1 Å². The summed E-state index contributed by atoms with van der Waals surface area (Å²) in [4.78, 5) is 34.4. The molecule has 0 fully saturated rings. The van der Waals surface area contributed by atoms with Crippen molar-refractivity contribution < 1.29 is 29.3 Å². The molecule has 7 nitrogen and oxygen atoms in total. The molecule has 1 atom stereocenters. The molecule has 1 amide bonds. The summed E-state index contributed by atoms with van der Waals surface area (Å²) >= 11 is 0. The molecule has 7 heteroatoms. The van der Waals surface area contributed by atoms with Crippen LogP contribution in [0.2, 0.25) is 0 Å². The Balaban J connectivity index is 5.48. The minimum absolute atomic E-state index is 0.745. The van der Waals surface area contributed by atoms with Crippen LogP contribution in [-0.4, -0.2) is 39.4 Å². The van der Waals surface area contributed by atoms with E-state index < -0.39 is 41.0 Å². The van der Waals surface area contributed by atoms with E-state index in [0.29, 0.717) is 0 Å². The molecule has 0 rings (SSSR count). The van der Waals surface area contributed by atoms with Gasteiger partial charge in [-0.1, -0.05) is 20.8 Å². The van der Waals surface area contributed by atoms with Crippen molar-refractivity contribution in [1.82, 2.24) is 5.32 Å². The molecule has 0 aliphatic rings. The van der Waals surface area contributed by atoms with E-state index in [1.165, 1.54) is 0 Å². The van der Waals surface area contributed by atoms with Gasteiger partial charge in [-0.15, -0.1) is 0 Å². The van der Waals surface area contributed by atoms with Crippen LogP contribution in [-0.2, 0) is 14.3 Å². The van der Waals surface area contributed by atoms with Crippen LogP contribution in [0.4, 0.5) is 4.79 Å². The van der Waals surface area contributed by atoms with Gasteiger partial charge in [0.2, 0.25) is 0 Å². The Morgan fingerprint density at radius 1 is 1.00 bits per heavy atom. The van der Waals surface area contributed by atoms with Crippen LogP contribution in [0, 0.1) is 5.41 Å². The minimum atomic E-state index is -1.96. The highest BCUT2D eigenvalue weighted by molar-refractivity contribution is 5.89. The van der Waals surface area contributed by atoms with Gasteiger partial charge in [0.1, 0.15) is 5.60 Å². The summed E-state index contributed by atoms with van der Waals surface area (Å²) in [5.41, 5.74) is -3.79. The van der Waals surface area contributed by atoms with Crippen molar-refractivity contribution in [3.8, 4) is 0 Å². The van der Waals surface area contributed by atoms with Crippen molar-refractivity contribution in [2.75, 3.05) is 0 Å². The van der Waals surface area contributed by atoms with Gasteiger partial charge in [-0.2, -0.15) is 0 Å². The number of carbonyl (C=O) groups excluding carboxylic acids is 1. The Kier molecular flexibility index (Phi) is 5.17. The first-order chi connectivity index (χ1) is 8.71. The summed E-state index contributed by atoms with van der Waals surface area (Å²) in [5.74, 6) is -2.74. The molecule has 116 valence electrons. The number of nitrogens with one attached hydrogen (secondary N) is 1. The van der Waals surface area contributed by atoms with E-state index in [-0.39, 0.29) is 0 Å².